The highest BCUT2D eigenvalue weighted by Gasteiger charge is 2.24. The van der Waals surface area contributed by atoms with Gasteiger partial charge in [0.05, 0.1) is 5.56 Å². The number of hydrogen-bond donors (Lipinski definition) is 2. The number of amides is 3. The summed E-state index contributed by atoms with van der Waals surface area (Å²) in [5.41, 5.74) is 2.16. The van der Waals surface area contributed by atoms with Crippen molar-refractivity contribution in [1.29, 1.82) is 0 Å². The molecule has 30 heavy (non-hydrogen) atoms. The van der Waals surface area contributed by atoms with Gasteiger partial charge in [0, 0.05) is 57.5 Å². The molecule has 1 aromatic heterocycles. The number of benzene rings is 1. The number of nitrogens with zero attached hydrogens (tertiary/aromatic N) is 3. The van der Waals surface area contributed by atoms with E-state index in [0.717, 1.165) is 18.5 Å². The van der Waals surface area contributed by atoms with Crippen molar-refractivity contribution in [3.05, 3.63) is 54.4 Å². The molecule has 1 aliphatic rings. The van der Waals surface area contributed by atoms with Crippen molar-refractivity contribution in [2.45, 2.75) is 12.8 Å². The number of piperidine rings is 1. The summed E-state index contributed by atoms with van der Waals surface area (Å²) in [6.45, 7) is 1.66. The Morgan fingerprint density at radius 1 is 1.07 bits per heavy atom. The Balaban J connectivity index is 1.41. The van der Waals surface area contributed by atoms with E-state index in [-0.39, 0.29) is 11.8 Å². The first-order chi connectivity index (χ1) is 14.4. The second-order valence-electron chi connectivity index (χ2n) is 7.58. The van der Waals surface area contributed by atoms with E-state index >= 15 is 0 Å². The minimum Gasteiger partial charge on any atom is -0.378 e. The predicted octanol–water partition coefficient (Wildman–Crippen LogP) is 1.75. The molecule has 0 bridgehead atoms. The summed E-state index contributed by atoms with van der Waals surface area (Å²) in [4.78, 5) is 44.4. The number of aromatic nitrogens is 1. The van der Waals surface area contributed by atoms with Gasteiger partial charge >= 0.3 is 11.8 Å². The topological polar surface area (TPSA) is 94.6 Å². The number of pyridine rings is 1. The Kier molecular flexibility index (Phi) is 7.00. The predicted molar refractivity (Wildman–Crippen MR) is 115 cm³/mol. The molecule has 0 spiro atoms. The Labute approximate surface area is 176 Å². The number of nitrogens with one attached hydrogen (secondary N) is 2. The molecular formula is C22H27N5O3. The van der Waals surface area contributed by atoms with E-state index < -0.39 is 11.8 Å². The third kappa shape index (κ3) is 5.56. The normalized spacial score (nSPS) is 14.1. The van der Waals surface area contributed by atoms with Gasteiger partial charge in [0.1, 0.15) is 0 Å². The van der Waals surface area contributed by atoms with Gasteiger partial charge < -0.3 is 20.4 Å². The van der Waals surface area contributed by atoms with Gasteiger partial charge in [0.2, 0.25) is 0 Å². The number of rotatable bonds is 5. The third-order valence-corrected chi connectivity index (χ3v) is 5.21. The lowest BCUT2D eigenvalue weighted by atomic mass is 9.96. The molecular weight excluding hydrogens is 382 g/mol. The summed E-state index contributed by atoms with van der Waals surface area (Å²) < 4.78 is 0. The van der Waals surface area contributed by atoms with Crippen LogP contribution in [0.3, 0.4) is 0 Å². The Hall–Kier alpha value is -3.42. The van der Waals surface area contributed by atoms with Crippen molar-refractivity contribution in [1.82, 2.24) is 15.2 Å². The SMILES string of the molecule is CN(C)c1ccc(NC(=O)C(=O)NCC2CCN(C(=O)c3cccnc3)CC2)cc1. The molecule has 0 atom stereocenters. The van der Waals surface area contributed by atoms with Crippen LogP contribution in [0.15, 0.2) is 48.8 Å². The van der Waals surface area contributed by atoms with Gasteiger partial charge in [0.25, 0.3) is 5.91 Å². The standard InChI is InChI=1S/C22H27N5O3/c1-26(2)19-7-5-18(6-8-19)25-21(29)20(28)24-14-16-9-12-27(13-10-16)22(30)17-4-3-11-23-15-17/h3-8,11,15-16H,9-10,12-14H2,1-2H3,(H,24,28)(H,25,29). The lowest BCUT2D eigenvalue weighted by Gasteiger charge is -2.32. The molecule has 1 aromatic carbocycles. The molecule has 1 aliphatic heterocycles. The van der Waals surface area contributed by atoms with E-state index in [0.29, 0.717) is 30.9 Å². The number of carbonyl (C=O) groups is 3. The number of anilines is 2. The van der Waals surface area contributed by atoms with Crippen molar-refractivity contribution in [2.24, 2.45) is 5.92 Å². The molecule has 8 nitrogen and oxygen atoms in total. The highest BCUT2D eigenvalue weighted by Crippen LogP contribution is 2.18. The monoisotopic (exact) mass is 409 g/mol. The summed E-state index contributed by atoms with van der Waals surface area (Å²) in [5.74, 6) is -1.12. The van der Waals surface area contributed by atoms with Gasteiger partial charge in [0.15, 0.2) is 0 Å². The largest absolute Gasteiger partial charge is 0.378 e. The Morgan fingerprint density at radius 3 is 2.37 bits per heavy atom. The Bertz CT molecular complexity index is 875. The number of hydrogen-bond acceptors (Lipinski definition) is 5. The van der Waals surface area contributed by atoms with Crippen LogP contribution in [0.2, 0.25) is 0 Å². The van der Waals surface area contributed by atoms with E-state index in [1.165, 1.54) is 0 Å². The second-order valence-corrected chi connectivity index (χ2v) is 7.58. The van der Waals surface area contributed by atoms with Crippen molar-refractivity contribution in [2.75, 3.05) is 43.9 Å². The maximum absolute atomic E-state index is 12.5. The second kappa shape index (κ2) is 9.87. The fourth-order valence-electron chi connectivity index (χ4n) is 3.36. The smallest absolute Gasteiger partial charge is 0.313 e. The van der Waals surface area contributed by atoms with Gasteiger partial charge in [-0.1, -0.05) is 0 Å². The summed E-state index contributed by atoms with van der Waals surface area (Å²) >= 11 is 0. The first kappa shape index (κ1) is 21.3. The molecule has 0 aliphatic carbocycles. The van der Waals surface area contributed by atoms with Gasteiger partial charge in [-0.3, -0.25) is 19.4 Å². The first-order valence-electron chi connectivity index (χ1n) is 10.00. The van der Waals surface area contributed by atoms with Gasteiger partial charge in [-0.2, -0.15) is 0 Å². The third-order valence-electron chi connectivity index (χ3n) is 5.21. The average molecular weight is 409 g/mol. The average Bonchev–Trinajstić information content (AvgIpc) is 2.78. The lowest BCUT2D eigenvalue weighted by Crippen LogP contribution is -2.43. The summed E-state index contributed by atoms with van der Waals surface area (Å²) in [5, 5.41) is 5.31. The van der Waals surface area contributed by atoms with Crippen molar-refractivity contribution >= 4 is 29.1 Å². The van der Waals surface area contributed by atoms with Crippen LogP contribution in [0.5, 0.6) is 0 Å². The fraction of sp³-hybridized carbons (Fsp3) is 0.364. The highest BCUT2D eigenvalue weighted by molar-refractivity contribution is 6.39. The molecule has 3 rings (SSSR count). The summed E-state index contributed by atoms with van der Waals surface area (Å²) in [7, 11) is 3.86. The molecule has 8 heteroatoms. The molecule has 1 fully saturated rings. The van der Waals surface area contributed by atoms with Crippen molar-refractivity contribution in [3.63, 3.8) is 0 Å². The van der Waals surface area contributed by atoms with Gasteiger partial charge in [-0.05, 0) is 55.2 Å². The highest BCUT2D eigenvalue weighted by atomic mass is 16.2. The van der Waals surface area contributed by atoms with E-state index in [9.17, 15) is 14.4 Å². The molecule has 2 N–H and O–H groups in total. The molecule has 158 valence electrons. The quantitative estimate of drug-likeness (QED) is 0.734. The van der Waals surface area contributed by atoms with Crippen LogP contribution < -0.4 is 15.5 Å². The maximum Gasteiger partial charge on any atom is 0.313 e. The van der Waals surface area contributed by atoms with E-state index in [1.807, 2.05) is 31.1 Å². The van der Waals surface area contributed by atoms with Crippen LogP contribution in [0.25, 0.3) is 0 Å². The zero-order chi connectivity index (χ0) is 21.5. The van der Waals surface area contributed by atoms with Crippen LogP contribution in [0, 0.1) is 5.92 Å². The van der Waals surface area contributed by atoms with E-state index in [2.05, 4.69) is 15.6 Å². The summed E-state index contributed by atoms with van der Waals surface area (Å²) in [6.07, 6.45) is 4.77. The van der Waals surface area contributed by atoms with Gasteiger partial charge in [-0.25, -0.2) is 0 Å². The molecule has 0 saturated carbocycles. The minimum absolute atomic E-state index is 0.0229. The molecule has 2 aromatic rings. The van der Waals surface area contributed by atoms with E-state index in [4.69, 9.17) is 0 Å². The van der Waals surface area contributed by atoms with Crippen LogP contribution in [-0.4, -0.2) is 61.3 Å². The van der Waals surface area contributed by atoms with Crippen molar-refractivity contribution < 1.29 is 14.4 Å². The van der Waals surface area contributed by atoms with Gasteiger partial charge in [-0.15, -0.1) is 0 Å². The molecule has 3 amide bonds. The lowest BCUT2D eigenvalue weighted by molar-refractivity contribution is -0.136. The zero-order valence-electron chi connectivity index (χ0n) is 17.3. The molecule has 1 saturated heterocycles. The Morgan fingerprint density at radius 2 is 1.77 bits per heavy atom. The van der Waals surface area contributed by atoms with Crippen LogP contribution >= 0.6 is 0 Å². The number of likely N-dealkylation sites (tertiary alicyclic amines) is 1. The first-order valence-corrected chi connectivity index (χ1v) is 10.00. The summed E-state index contributed by atoms with van der Waals surface area (Å²) in [6, 6.07) is 10.8. The number of carbonyl (C=O) groups excluding carboxylic acids is 3. The fourth-order valence-corrected chi connectivity index (χ4v) is 3.36. The van der Waals surface area contributed by atoms with E-state index in [1.54, 1.807) is 41.6 Å². The van der Waals surface area contributed by atoms with Crippen LogP contribution in [-0.2, 0) is 9.59 Å². The van der Waals surface area contributed by atoms with Crippen LogP contribution in [0.1, 0.15) is 23.2 Å². The molecule has 0 unspecified atom stereocenters. The maximum atomic E-state index is 12.5. The molecule has 2 heterocycles. The van der Waals surface area contributed by atoms with Crippen LogP contribution in [0.4, 0.5) is 11.4 Å². The van der Waals surface area contributed by atoms with Crippen molar-refractivity contribution in [3.8, 4) is 0 Å². The molecule has 0 radical (unpaired) electrons. The zero-order valence-corrected chi connectivity index (χ0v) is 17.3. The minimum atomic E-state index is -0.684.